The Kier molecular flexibility index (Phi) is 3.01. The number of hydrogen-bond donors (Lipinski definition) is 0. The molecule has 0 saturated carbocycles. The highest BCUT2D eigenvalue weighted by Crippen LogP contribution is 2.21. The molecule has 2 aromatic heterocycles. The molecule has 0 aromatic carbocycles. The highest BCUT2D eigenvalue weighted by molar-refractivity contribution is 6.34. The minimum Gasteiger partial charge on any atom is -0.461 e. The molecule has 2 aromatic rings. The van der Waals surface area contributed by atoms with E-state index in [0.29, 0.717) is 6.61 Å². The van der Waals surface area contributed by atoms with Crippen molar-refractivity contribution < 1.29 is 9.53 Å². The molecule has 0 atom stereocenters. The molecule has 0 aliphatic heterocycles. The summed E-state index contributed by atoms with van der Waals surface area (Å²) in [4.78, 5) is 19.4. The molecular weight excluding hydrogens is 228 g/mol. The number of halogens is 1. The van der Waals surface area contributed by atoms with Crippen molar-refractivity contribution in [2.75, 3.05) is 6.61 Å². The summed E-state index contributed by atoms with van der Waals surface area (Å²) < 4.78 is 4.85. The third kappa shape index (κ3) is 1.97. The van der Waals surface area contributed by atoms with Gasteiger partial charge in [-0.1, -0.05) is 11.6 Å². The summed E-state index contributed by atoms with van der Waals surface area (Å²) in [6.45, 7) is 2.05. The lowest BCUT2D eigenvalue weighted by Gasteiger charge is -2.04. The number of ether oxygens (including phenoxy) is 1. The molecule has 0 spiro atoms. The van der Waals surface area contributed by atoms with Gasteiger partial charge in [-0.25, -0.2) is 9.78 Å². The van der Waals surface area contributed by atoms with Gasteiger partial charge in [0.2, 0.25) is 0 Å². The average Bonchev–Trinajstić information content (AvgIpc) is 2.29. The summed E-state index contributed by atoms with van der Waals surface area (Å²) in [5.74, 6) is -0.477. The van der Waals surface area contributed by atoms with E-state index in [9.17, 15) is 4.79 Å². The number of carbonyl (C=O) groups excluding carboxylic acids is 1. The maximum absolute atomic E-state index is 11.5. The van der Waals surface area contributed by atoms with Crippen LogP contribution >= 0.6 is 11.6 Å². The summed E-state index contributed by atoms with van der Waals surface area (Å²) in [6.07, 6.45) is 3.26. The van der Waals surface area contributed by atoms with E-state index in [2.05, 4.69) is 9.97 Å². The van der Waals surface area contributed by atoms with Gasteiger partial charge in [0.15, 0.2) is 5.69 Å². The Bertz CT molecular complexity index is 542. The quantitative estimate of drug-likeness (QED) is 0.594. The summed E-state index contributed by atoms with van der Waals surface area (Å²) >= 11 is 5.96. The first-order valence-corrected chi connectivity index (χ1v) is 5.17. The summed E-state index contributed by atoms with van der Waals surface area (Å²) in [5, 5.41) is 1.82. The largest absolute Gasteiger partial charge is 0.461 e. The van der Waals surface area contributed by atoms with Gasteiger partial charge in [-0.3, -0.25) is 4.98 Å². The van der Waals surface area contributed by atoms with Gasteiger partial charge in [0.05, 0.1) is 6.61 Å². The van der Waals surface area contributed by atoms with E-state index in [1.807, 2.05) is 0 Å². The third-order valence-corrected chi connectivity index (χ3v) is 2.36. The second-order valence-electron chi connectivity index (χ2n) is 3.12. The van der Waals surface area contributed by atoms with Gasteiger partial charge in [-0.2, -0.15) is 0 Å². The van der Waals surface area contributed by atoms with Crippen LogP contribution < -0.4 is 0 Å². The average molecular weight is 237 g/mol. The predicted octanol–water partition coefficient (Wildman–Crippen LogP) is 2.46. The summed E-state index contributed by atoms with van der Waals surface area (Å²) in [7, 11) is 0. The Morgan fingerprint density at radius 2 is 2.38 bits per heavy atom. The number of aromatic nitrogens is 2. The van der Waals surface area contributed by atoms with Crippen molar-refractivity contribution in [3.63, 3.8) is 0 Å². The molecule has 0 aliphatic carbocycles. The second-order valence-corrected chi connectivity index (χ2v) is 3.47. The van der Waals surface area contributed by atoms with E-state index < -0.39 is 5.97 Å². The first-order chi connectivity index (χ1) is 7.72. The molecule has 2 heterocycles. The Hall–Kier alpha value is -1.68. The van der Waals surface area contributed by atoms with Crippen LogP contribution in [0, 0.1) is 0 Å². The first-order valence-electron chi connectivity index (χ1n) is 4.79. The van der Waals surface area contributed by atoms with E-state index in [4.69, 9.17) is 16.3 Å². The lowest BCUT2D eigenvalue weighted by Crippen LogP contribution is -2.07. The monoisotopic (exact) mass is 236 g/mol. The lowest BCUT2D eigenvalue weighted by atomic mass is 10.2. The minimum absolute atomic E-state index is 0.201. The Balaban J connectivity index is 2.53. The zero-order chi connectivity index (χ0) is 11.5. The topological polar surface area (TPSA) is 52.1 Å². The number of rotatable bonds is 2. The van der Waals surface area contributed by atoms with Gasteiger partial charge in [0.1, 0.15) is 5.15 Å². The van der Waals surface area contributed by atoms with Crippen LogP contribution in [0.2, 0.25) is 5.15 Å². The van der Waals surface area contributed by atoms with Crippen molar-refractivity contribution in [3.05, 3.63) is 35.4 Å². The third-order valence-electron chi connectivity index (χ3n) is 2.07. The molecule has 0 N–H and O–H groups in total. The molecule has 0 fully saturated rings. The van der Waals surface area contributed by atoms with Gasteiger partial charge < -0.3 is 4.74 Å². The van der Waals surface area contributed by atoms with Gasteiger partial charge >= 0.3 is 5.97 Å². The van der Waals surface area contributed by atoms with Crippen molar-refractivity contribution in [2.45, 2.75) is 6.92 Å². The Labute approximate surface area is 97.2 Å². The maximum atomic E-state index is 11.5. The summed E-state index contributed by atoms with van der Waals surface area (Å²) in [6, 6.07) is 3.37. The standard InChI is InChI=1S/C11H9ClN2O2/c1-2-16-11(15)9-5-7-6-13-4-3-8(7)10(12)14-9/h3-6H,2H2,1H3. The van der Waals surface area contributed by atoms with E-state index in [1.165, 1.54) is 0 Å². The summed E-state index contributed by atoms with van der Waals surface area (Å²) in [5.41, 5.74) is 0.201. The zero-order valence-corrected chi connectivity index (χ0v) is 9.36. The lowest BCUT2D eigenvalue weighted by molar-refractivity contribution is 0.0520. The molecule has 16 heavy (non-hydrogen) atoms. The van der Waals surface area contributed by atoms with Crippen LogP contribution in [0.4, 0.5) is 0 Å². The number of fused-ring (bicyclic) bond motifs is 1. The number of hydrogen-bond acceptors (Lipinski definition) is 4. The number of esters is 1. The maximum Gasteiger partial charge on any atom is 0.356 e. The van der Waals surface area contributed by atoms with Gasteiger partial charge in [0, 0.05) is 23.2 Å². The van der Waals surface area contributed by atoms with Gasteiger partial charge in [0.25, 0.3) is 0 Å². The van der Waals surface area contributed by atoms with Crippen molar-refractivity contribution >= 4 is 28.3 Å². The van der Waals surface area contributed by atoms with Crippen LogP contribution in [0.3, 0.4) is 0 Å². The van der Waals surface area contributed by atoms with Crippen molar-refractivity contribution in [2.24, 2.45) is 0 Å². The van der Waals surface area contributed by atoms with Crippen molar-refractivity contribution in [3.8, 4) is 0 Å². The molecule has 2 rings (SSSR count). The van der Waals surface area contributed by atoms with Gasteiger partial charge in [-0.05, 0) is 19.1 Å². The molecule has 82 valence electrons. The van der Waals surface area contributed by atoms with E-state index in [1.54, 1.807) is 31.5 Å². The van der Waals surface area contributed by atoms with E-state index in [-0.39, 0.29) is 10.8 Å². The fourth-order valence-electron chi connectivity index (χ4n) is 1.36. The Morgan fingerprint density at radius 3 is 3.12 bits per heavy atom. The van der Waals surface area contributed by atoms with Crippen LogP contribution in [0.15, 0.2) is 24.5 Å². The van der Waals surface area contributed by atoms with Crippen LogP contribution in [-0.2, 0) is 4.74 Å². The number of pyridine rings is 2. The van der Waals surface area contributed by atoms with Crippen LogP contribution in [0.1, 0.15) is 17.4 Å². The smallest absolute Gasteiger partial charge is 0.356 e. The first kappa shape index (κ1) is 10.8. The minimum atomic E-state index is -0.477. The second kappa shape index (κ2) is 4.45. The molecule has 0 amide bonds. The molecular formula is C11H9ClN2O2. The molecule has 0 radical (unpaired) electrons. The molecule has 0 unspecified atom stereocenters. The van der Waals surface area contributed by atoms with Crippen molar-refractivity contribution in [1.82, 2.24) is 9.97 Å². The van der Waals surface area contributed by atoms with E-state index in [0.717, 1.165) is 10.8 Å². The van der Waals surface area contributed by atoms with Crippen LogP contribution in [0.25, 0.3) is 10.8 Å². The molecule has 0 bridgehead atoms. The zero-order valence-electron chi connectivity index (χ0n) is 8.61. The SMILES string of the molecule is CCOC(=O)c1cc2cnccc2c(Cl)n1. The van der Waals surface area contributed by atoms with Gasteiger partial charge in [-0.15, -0.1) is 0 Å². The Morgan fingerprint density at radius 1 is 1.56 bits per heavy atom. The predicted molar refractivity (Wildman–Crippen MR) is 60.5 cm³/mol. The number of carbonyl (C=O) groups is 1. The molecule has 4 nitrogen and oxygen atoms in total. The fraction of sp³-hybridized carbons (Fsp3) is 0.182. The fourth-order valence-corrected chi connectivity index (χ4v) is 1.63. The van der Waals surface area contributed by atoms with E-state index >= 15 is 0 Å². The molecule has 0 saturated heterocycles. The normalized spacial score (nSPS) is 10.4. The molecule has 0 aliphatic rings. The van der Waals surface area contributed by atoms with Crippen LogP contribution in [-0.4, -0.2) is 22.5 Å². The molecule has 5 heteroatoms. The highest BCUT2D eigenvalue weighted by atomic mass is 35.5. The highest BCUT2D eigenvalue weighted by Gasteiger charge is 2.11. The van der Waals surface area contributed by atoms with Crippen LogP contribution in [0.5, 0.6) is 0 Å². The van der Waals surface area contributed by atoms with Crippen molar-refractivity contribution in [1.29, 1.82) is 0 Å². The number of nitrogens with zero attached hydrogens (tertiary/aromatic N) is 2.